The van der Waals surface area contributed by atoms with Gasteiger partial charge >= 0.3 is 5.97 Å². The fourth-order valence-corrected chi connectivity index (χ4v) is 3.10. The van der Waals surface area contributed by atoms with E-state index in [4.69, 9.17) is 0 Å². The van der Waals surface area contributed by atoms with Crippen LogP contribution in [0.15, 0.2) is 18.2 Å². The van der Waals surface area contributed by atoms with Gasteiger partial charge in [-0.05, 0) is 38.3 Å². The molecular formula is C16H21NO3. The molecule has 1 aliphatic carbocycles. The Labute approximate surface area is 119 Å². The molecule has 4 heteroatoms. The van der Waals surface area contributed by atoms with E-state index in [9.17, 15) is 14.7 Å². The first-order chi connectivity index (χ1) is 9.41. The molecule has 0 spiro atoms. The Kier molecular flexibility index (Phi) is 4.12. The van der Waals surface area contributed by atoms with Crippen LogP contribution in [0.1, 0.15) is 30.4 Å². The fraction of sp³-hybridized carbons (Fsp3) is 0.500. The molecule has 1 fully saturated rings. The largest absolute Gasteiger partial charge is 0.481 e. The third kappa shape index (κ3) is 2.69. The van der Waals surface area contributed by atoms with Crippen molar-refractivity contribution < 1.29 is 14.7 Å². The lowest BCUT2D eigenvalue weighted by Gasteiger charge is -2.25. The molecule has 1 aliphatic rings. The van der Waals surface area contributed by atoms with E-state index < -0.39 is 17.8 Å². The minimum Gasteiger partial charge on any atom is -0.481 e. The predicted molar refractivity (Wildman–Crippen MR) is 77.8 cm³/mol. The number of amides is 1. The third-order valence-electron chi connectivity index (χ3n) is 4.19. The molecule has 0 aliphatic heterocycles. The van der Waals surface area contributed by atoms with Gasteiger partial charge in [-0.3, -0.25) is 9.59 Å². The topological polar surface area (TPSA) is 57.6 Å². The Morgan fingerprint density at radius 1 is 1.20 bits per heavy atom. The van der Waals surface area contributed by atoms with Gasteiger partial charge in [0, 0.05) is 12.7 Å². The maximum Gasteiger partial charge on any atom is 0.307 e. The quantitative estimate of drug-likeness (QED) is 0.922. The monoisotopic (exact) mass is 275 g/mol. The van der Waals surface area contributed by atoms with Crippen LogP contribution >= 0.6 is 0 Å². The van der Waals surface area contributed by atoms with Crippen molar-refractivity contribution >= 4 is 17.6 Å². The summed E-state index contributed by atoms with van der Waals surface area (Å²) in [7, 11) is 1.73. The first-order valence-corrected chi connectivity index (χ1v) is 6.99. The van der Waals surface area contributed by atoms with Crippen LogP contribution in [0.4, 0.5) is 5.69 Å². The van der Waals surface area contributed by atoms with E-state index in [1.54, 1.807) is 11.9 Å². The van der Waals surface area contributed by atoms with Gasteiger partial charge in [-0.2, -0.15) is 0 Å². The molecule has 0 unspecified atom stereocenters. The van der Waals surface area contributed by atoms with Gasteiger partial charge in [0.05, 0.1) is 11.8 Å². The van der Waals surface area contributed by atoms with E-state index in [2.05, 4.69) is 0 Å². The van der Waals surface area contributed by atoms with Gasteiger partial charge in [0.1, 0.15) is 0 Å². The highest BCUT2D eigenvalue weighted by Crippen LogP contribution is 2.34. The van der Waals surface area contributed by atoms with Crippen molar-refractivity contribution in [1.82, 2.24) is 0 Å². The lowest BCUT2D eigenvalue weighted by molar-refractivity contribution is -0.145. The summed E-state index contributed by atoms with van der Waals surface area (Å²) in [6.45, 7) is 3.98. The van der Waals surface area contributed by atoms with E-state index in [-0.39, 0.29) is 5.91 Å². The zero-order valence-electron chi connectivity index (χ0n) is 12.2. The molecule has 1 amide bonds. The maximum atomic E-state index is 12.6. The van der Waals surface area contributed by atoms with E-state index in [1.165, 1.54) is 0 Å². The summed E-state index contributed by atoms with van der Waals surface area (Å²) in [6.07, 6.45) is 2.09. The molecule has 1 saturated carbocycles. The number of rotatable bonds is 3. The van der Waals surface area contributed by atoms with Gasteiger partial charge in [-0.1, -0.05) is 24.1 Å². The van der Waals surface area contributed by atoms with E-state index in [0.717, 1.165) is 23.2 Å². The minimum absolute atomic E-state index is 0.0816. The first kappa shape index (κ1) is 14.6. The Hall–Kier alpha value is -1.84. The molecule has 108 valence electrons. The van der Waals surface area contributed by atoms with Gasteiger partial charge in [0.25, 0.3) is 0 Å². The van der Waals surface area contributed by atoms with Gasteiger partial charge < -0.3 is 10.0 Å². The van der Waals surface area contributed by atoms with Crippen LogP contribution in [0.5, 0.6) is 0 Å². The van der Waals surface area contributed by atoms with Crippen molar-refractivity contribution in [2.45, 2.75) is 33.1 Å². The smallest absolute Gasteiger partial charge is 0.307 e. The molecule has 0 aromatic heterocycles. The van der Waals surface area contributed by atoms with Crippen molar-refractivity contribution in [3.8, 4) is 0 Å². The van der Waals surface area contributed by atoms with E-state index in [1.807, 2.05) is 32.0 Å². The molecule has 2 rings (SSSR count). The zero-order chi connectivity index (χ0) is 14.9. The van der Waals surface area contributed by atoms with Crippen LogP contribution < -0.4 is 4.90 Å². The van der Waals surface area contributed by atoms with E-state index in [0.29, 0.717) is 12.8 Å². The molecule has 0 bridgehead atoms. The summed E-state index contributed by atoms with van der Waals surface area (Å²) in [5.74, 6) is -1.86. The van der Waals surface area contributed by atoms with Crippen molar-refractivity contribution in [2.24, 2.45) is 11.8 Å². The number of anilines is 1. The molecule has 0 heterocycles. The number of aliphatic carboxylic acids is 1. The lowest BCUT2D eigenvalue weighted by Crippen LogP contribution is -2.37. The SMILES string of the molecule is Cc1ccc(N(C)C(=O)[C@@H]2CCC[C@@H]2C(=O)O)c(C)c1. The molecule has 4 nitrogen and oxygen atoms in total. The number of hydrogen-bond donors (Lipinski definition) is 1. The van der Waals surface area contributed by atoms with Gasteiger partial charge in [0.15, 0.2) is 0 Å². The van der Waals surface area contributed by atoms with Gasteiger partial charge in [-0.15, -0.1) is 0 Å². The molecule has 1 aromatic carbocycles. The molecule has 0 saturated heterocycles. The highest BCUT2D eigenvalue weighted by Gasteiger charge is 2.39. The highest BCUT2D eigenvalue weighted by atomic mass is 16.4. The minimum atomic E-state index is -0.852. The second-order valence-corrected chi connectivity index (χ2v) is 5.67. The average Bonchev–Trinajstić information content (AvgIpc) is 2.86. The predicted octanol–water partition coefficient (Wildman–Crippen LogP) is 2.77. The van der Waals surface area contributed by atoms with Crippen LogP contribution in [0, 0.1) is 25.7 Å². The number of carboxylic acid groups (broad SMARTS) is 1. The standard InChI is InChI=1S/C16H21NO3/c1-10-7-8-14(11(2)9-10)17(3)15(18)12-5-4-6-13(12)16(19)20/h7-9,12-13H,4-6H2,1-3H3,(H,19,20)/t12-,13+/m1/s1. The average molecular weight is 275 g/mol. The lowest BCUT2D eigenvalue weighted by atomic mass is 9.94. The van der Waals surface area contributed by atoms with Crippen molar-refractivity contribution in [2.75, 3.05) is 11.9 Å². The fourth-order valence-electron chi connectivity index (χ4n) is 3.10. The molecule has 20 heavy (non-hydrogen) atoms. The maximum absolute atomic E-state index is 12.6. The second-order valence-electron chi connectivity index (χ2n) is 5.67. The number of hydrogen-bond acceptors (Lipinski definition) is 2. The van der Waals surface area contributed by atoms with Crippen LogP contribution in [0.25, 0.3) is 0 Å². The third-order valence-corrected chi connectivity index (χ3v) is 4.19. The van der Waals surface area contributed by atoms with Crippen molar-refractivity contribution in [1.29, 1.82) is 0 Å². The number of aryl methyl sites for hydroxylation is 2. The van der Waals surface area contributed by atoms with Crippen molar-refractivity contribution in [3.63, 3.8) is 0 Å². The van der Waals surface area contributed by atoms with Crippen LogP contribution in [-0.4, -0.2) is 24.0 Å². The Balaban J connectivity index is 2.22. The molecule has 1 N–H and O–H groups in total. The summed E-state index contributed by atoms with van der Waals surface area (Å²) < 4.78 is 0. The van der Waals surface area contributed by atoms with Crippen LogP contribution in [0.3, 0.4) is 0 Å². The molecule has 1 aromatic rings. The number of carboxylic acids is 1. The van der Waals surface area contributed by atoms with Crippen LogP contribution in [0.2, 0.25) is 0 Å². The summed E-state index contributed by atoms with van der Waals surface area (Å²) in [6, 6.07) is 5.92. The Morgan fingerprint density at radius 3 is 2.45 bits per heavy atom. The number of nitrogens with zero attached hydrogens (tertiary/aromatic N) is 1. The Morgan fingerprint density at radius 2 is 1.85 bits per heavy atom. The van der Waals surface area contributed by atoms with Gasteiger partial charge in [-0.25, -0.2) is 0 Å². The first-order valence-electron chi connectivity index (χ1n) is 6.99. The molecule has 0 radical (unpaired) electrons. The summed E-state index contributed by atoms with van der Waals surface area (Å²) in [4.78, 5) is 25.4. The van der Waals surface area contributed by atoms with E-state index >= 15 is 0 Å². The Bertz CT molecular complexity index is 539. The van der Waals surface area contributed by atoms with Crippen LogP contribution in [-0.2, 0) is 9.59 Å². The number of carbonyl (C=O) groups excluding carboxylic acids is 1. The summed E-state index contributed by atoms with van der Waals surface area (Å²) >= 11 is 0. The van der Waals surface area contributed by atoms with Gasteiger partial charge in [0.2, 0.25) is 5.91 Å². The number of carbonyl (C=O) groups is 2. The highest BCUT2D eigenvalue weighted by molar-refractivity contribution is 5.97. The molecule has 2 atom stereocenters. The van der Waals surface area contributed by atoms with Crippen molar-refractivity contribution in [3.05, 3.63) is 29.3 Å². The zero-order valence-corrected chi connectivity index (χ0v) is 12.2. The molecular weight excluding hydrogens is 254 g/mol. The normalized spacial score (nSPS) is 21.8. The summed E-state index contributed by atoms with van der Waals surface area (Å²) in [5, 5.41) is 9.21. The summed E-state index contributed by atoms with van der Waals surface area (Å²) in [5.41, 5.74) is 3.04. The number of benzene rings is 1. The second kappa shape index (κ2) is 5.65.